The molecule has 1 aliphatic heterocycles. The number of rotatable bonds is 8. The predicted octanol–water partition coefficient (Wildman–Crippen LogP) is 2.84. The van der Waals surface area contributed by atoms with Crippen LogP contribution in [0.4, 0.5) is 5.69 Å². The van der Waals surface area contributed by atoms with Gasteiger partial charge >= 0.3 is 0 Å². The summed E-state index contributed by atoms with van der Waals surface area (Å²) in [7, 11) is 0. The fourth-order valence-corrected chi connectivity index (χ4v) is 2.90. The lowest BCUT2D eigenvalue weighted by Gasteiger charge is -2.22. The molecule has 0 unspecified atom stereocenters. The molecule has 0 fully saturated rings. The second kappa shape index (κ2) is 9.83. The molecule has 1 aromatic rings. The largest absolute Gasteiger partial charge is 0.396 e. The van der Waals surface area contributed by atoms with Crippen molar-refractivity contribution >= 4 is 23.5 Å². The Bertz CT molecular complexity index is 793. The minimum atomic E-state index is -0.260. The average Bonchev–Trinajstić information content (AvgIpc) is 3.08. The van der Waals surface area contributed by atoms with Crippen molar-refractivity contribution in [3.8, 4) is 0 Å². The van der Waals surface area contributed by atoms with Crippen LogP contribution in [0.25, 0.3) is 0 Å². The first kappa shape index (κ1) is 20.6. The molecule has 0 radical (unpaired) electrons. The molecule has 0 saturated carbocycles. The first-order chi connectivity index (χ1) is 13.0. The van der Waals surface area contributed by atoms with Gasteiger partial charge in [-0.2, -0.15) is 0 Å². The van der Waals surface area contributed by atoms with Gasteiger partial charge in [-0.3, -0.25) is 4.79 Å². The van der Waals surface area contributed by atoms with Crippen LogP contribution in [0.1, 0.15) is 32.8 Å². The molecule has 1 aromatic carbocycles. The fourth-order valence-electron chi connectivity index (χ4n) is 2.90. The number of fused-ring (bicyclic) bond motifs is 1. The maximum absolute atomic E-state index is 12.2. The lowest BCUT2D eigenvalue weighted by Crippen LogP contribution is -2.31. The number of carbonyl (C=O) groups excluding carboxylic acids is 1. The lowest BCUT2D eigenvalue weighted by atomic mass is 10.2. The number of carbonyl (C=O) groups is 1. The quantitative estimate of drug-likeness (QED) is 0.421. The van der Waals surface area contributed by atoms with Crippen LogP contribution in [-0.4, -0.2) is 42.6 Å². The normalized spacial score (nSPS) is 15.0. The molecule has 0 bridgehead atoms. The topological polar surface area (TPSA) is 77.3 Å². The van der Waals surface area contributed by atoms with Crippen molar-refractivity contribution in [1.29, 1.82) is 0 Å². The van der Waals surface area contributed by atoms with Crippen molar-refractivity contribution in [2.24, 2.45) is 9.98 Å². The zero-order valence-electron chi connectivity index (χ0n) is 16.3. The van der Waals surface area contributed by atoms with E-state index in [1.165, 1.54) is 5.56 Å². The number of anilines is 1. The van der Waals surface area contributed by atoms with E-state index in [2.05, 4.69) is 38.9 Å². The summed E-state index contributed by atoms with van der Waals surface area (Å²) in [6.45, 7) is 10.7. The van der Waals surface area contributed by atoms with Gasteiger partial charge < -0.3 is 15.3 Å². The minimum absolute atomic E-state index is 0.0388. The molecule has 0 spiro atoms. The van der Waals surface area contributed by atoms with Crippen LogP contribution in [0.5, 0.6) is 0 Å². The molecule has 0 saturated heterocycles. The highest BCUT2D eigenvalue weighted by atomic mass is 16.3. The highest BCUT2D eigenvalue weighted by Gasteiger charge is 2.24. The number of amides is 1. The molecule has 144 valence electrons. The molecular weight excluding hydrogens is 340 g/mol. The standard InChI is InChI=1S/C21H28N4O2/c1-5-22-20(25-13-11-17-9-6-7-10-18(17)25)19(15(2)3)24-16(4)21(27)23-12-8-14-26/h5-7,9-10,26H,2,8,11-14H2,1,3-4H3,(H,23,27)/b20-19-,22-5?,24-16?. The van der Waals surface area contributed by atoms with Crippen molar-refractivity contribution in [1.82, 2.24) is 5.32 Å². The van der Waals surface area contributed by atoms with E-state index in [1.54, 1.807) is 13.1 Å². The Hall–Kier alpha value is -2.73. The number of nitrogens with one attached hydrogen (secondary N) is 1. The molecule has 2 rings (SSSR count). The second-order valence-electron chi connectivity index (χ2n) is 6.40. The highest BCUT2D eigenvalue weighted by Crippen LogP contribution is 2.33. The Labute approximate surface area is 161 Å². The number of hydrogen-bond acceptors (Lipinski definition) is 5. The van der Waals surface area contributed by atoms with Crippen LogP contribution in [0.3, 0.4) is 0 Å². The number of allylic oxidation sites excluding steroid dienone is 1. The molecule has 27 heavy (non-hydrogen) atoms. The van der Waals surface area contributed by atoms with Crippen LogP contribution < -0.4 is 10.2 Å². The van der Waals surface area contributed by atoms with Crippen LogP contribution in [0, 0.1) is 0 Å². The molecule has 6 heteroatoms. The van der Waals surface area contributed by atoms with Crippen molar-refractivity contribution < 1.29 is 9.90 Å². The molecule has 2 N–H and O–H groups in total. The number of aliphatic hydroxyl groups is 1. The van der Waals surface area contributed by atoms with Gasteiger partial charge in [-0.15, -0.1) is 0 Å². The third kappa shape index (κ3) is 5.14. The predicted molar refractivity (Wildman–Crippen MR) is 111 cm³/mol. The number of para-hydroxylation sites is 1. The molecule has 1 heterocycles. The Morgan fingerprint density at radius 2 is 2.11 bits per heavy atom. The summed E-state index contributed by atoms with van der Waals surface area (Å²) < 4.78 is 0. The van der Waals surface area contributed by atoms with Gasteiger partial charge in [-0.05, 0) is 50.8 Å². The lowest BCUT2D eigenvalue weighted by molar-refractivity contribution is -0.114. The Kier molecular flexibility index (Phi) is 7.49. The van der Waals surface area contributed by atoms with Crippen molar-refractivity contribution in [3.63, 3.8) is 0 Å². The maximum Gasteiger partial charge on any atom is 0.265 e. The zero-order chi connectivity index (χ0) is 19.8. The van der Waals surface area contributed by atoms with E-state index >= 15 is 0 Å². The number of hydrogen-bond donors (Lipinski definition) is 2. The number of aliphatic imine (C=N–C) groups is 2. The van der Waals surface area contributed by atoms with E-state index in [-0.39, 0.29) is 12.5 Å². The third-order valence-electron chi connectivity index (χ3n) is 4.24. The number of nitrogens with zero attached hydrogens (tertiary/aromatic N) is 3. The maximum atomic E-state index is 12.2. The summed E-state index contributed by atoms with van der Waals surface area (Å²) in [5, 5.41) is 11.6. The first-order valence-corrected chi connectivity index (χ1v) is 9.18. The molecule has 1 amide bonds. The van der Waals surface area contributed by atoms with Gasteiger partial charge in [0.25, 0.3) is 5.91 Å². The zero-order valence-corrected chi connectivity index (χ0v) is 16.3. The van der Waals surface area contributed by atoms with E-state index in [0.29, 0.717) is 30.2 Å². The Morgan fingerprint density at radius 1 is 1.37 bits per heavy atom. The molecule has 0 aliphatic carbocycles. The van der Waals surface area contributed by atoms with Gasteiger partial charge in [0.2, 0.25) is 0 Å². The fraction of sp³-hybridized carbons (Fsp3) is 0.381. The Morgan fingerprint density at radius 3 is 2.78 bits per heavy atom. The summed E-state index contributed by atoms with van der Waals surface area (Å²) in [6.07, 6.45) is 3.18. The summed E-state index contributed by atoms with van der Waals surface area (Å²) in [5.41, 5.74) is 4.05. The van der Waals surface area contributed by atoms with Gasteiger partial charge in [-0.1, -0.05) is 24.8 Å². The van der Waals surface area contributed by atoms with E-state index in [9.17, 15) is 4.79 Å². The van der Waals surface area contributed by atoms with E-state index in [0.717, 1.165) is 24.2 Å². The minimum Gasteiger partial charge on any atom is -0.396 e. The molecule has 6 nitrogen and oxygen atoms in total. The molecular formula is C21H28N4O2. The summed E-state index contributed by atoms with van der Waals surface area (Å²) >= 11 is 0. The summed E-state index contributed by atoms with van der Waals surface area (Å²) in [4.78, 5) is 23.5. The van der Waals surface area contributed by atoms with E-state index in [1.807, 2.05) is 26.0 Å². The van der Waals surface area contributed by atoms with Crippen molar-refractivity contribution in [2.45, 2.75) is 33.6 Å². The first-order valence-electron chi connectivity index (χ1n) is 9.18. The Balaban J connectivity index is 2.42. The monoisotopic (exact) mass is 368 g/mol. The van der Waals surface area contributed by atoms with Crippen molar-refractivity contribution in [2.75, 3.05) is 24.6 Å². The summed E-state index contributed by atoms with van der Waals surface area (Å²) in [5.74, 6) is 0.432. The second-order valence-corrected chi connectivity index (χ2v) is 6.40. The average molecular weight is 368 g/mol. The number of benzene rings is 1. The van der Waals surface area contributed by atoms with E-state index in [4.69, 9.17) is 5.11 Å². The molecule has 0 atom stereocenters. The van der Waals surface area contributed by atoms with Crippen LogP contribution >= 0.6 is 0 Å². The molecule has 0 aromatic heterocycles. The third-order valence-corrected chi connectivity index (χ3v) is 4.24. The van der Waals surface area contributed by atoms with Crippen LogP contribution in [-0.2, 0) is 11.2 Å². The molecule has 1 aliphatic rings. The van der Waals surface area contributed by atoms with Gasteiger partial charge in [0.15, 0.2) is 5.82 Å². The van der Waals surface area contributed by atoms with Crippen molar-refractivity contribution in [3.05, 3.63) is 53.5 Å². The highest BCUT2D eigenvalue weighted by molar-refractivity contribution is 6.38. The van der Waals surface area contributed by atoms with Gasteiger partial charge in [-0.25, -0.2) is 9.98 Å². The van der Waals surface area contributed by atoms with Gasteiger partial charge in [0, 0.05) is 31.6 Å². The van der Waals surface area contributed by atoms with E-state index < -0.39 is 0 Å². The SMILES string of the molecule is C=C(C)/C(N=C(C)C(=O)NCCCO)=C(\N=CC)N1CCc2ccccc21. The van der Waals surface area contributed by atoms with Gasteiger partial charge in [0.1, 0.15) is 11.4 Å². The van der Waals surface area contributed by atoms with Crippen LogP contribution in [0.2, 0.25) is 0 Å². The summed E-state index contributed by atoms with van der Waals surface area (Å²) in [6, 6.07) is 8.23. The van der Waals surface area contributed by atoms with Gasteiger partial charge in [0.05, 0.1) is 0 Å². The van der Waals surface area contributed by atoms with Crippen LogP contribution in [0.15, 0.2) is 57.9 Å². The number of aliphatic hydroxyl groups excluding tert-OH is 1. The smallest absolute Gasteiger partial charge is 0.265 e.